The number of aromatic nitrogens is 3. The van der Waals surface area contributed by atoms with Gasteiger partial charge >= 0.3 is 0 Å². The number of rotatable bonds is 7. The van der Waals surface area contributed by atoms with Crippen LogP contribution in [0, 0.1) is 0 Å². The maximum absolute atomic E-state index is 12.1. The zero-order valence-electron chi connectivity index (χ0n) is 15.4. The Kier molecular flexibility index (Phi) is 5.29. The Morgan fingerprint density at radius 1 is 0.893 bits per heavy atom. The van der Waals surface area contributed by atoms with Gasteiger partial charge in [0, 0.05) is 23.6 Å². The first-order valence-corrected chi connectivity index (χ1v) is 9.24. The molecule has 4 rings (SSSR count). The molecule has 0 radical (unpaired) electrons. The van der Waals surface area contributed by atoms with E-state index in [1.54, 1.807) is 6.07 Å². The number of carbonyl (C=O) groups excluding carboxylic acids is 1. The average molecular weight is 371 g/mol. The Balaban J connectivity index is 1.28. The monoisotopic (exact) mass is 371 g/mol. The second-order valence-electron chi connectivity index (χ2n) is 6.55. The number of aromatic amines is 1. The molecule has 6 heteroatoms. The lowest BCUT2D eigenvalue weighted by Gasteiger charge is -2.07. The van der Waals surface area contributed by atoms with Gasteiger partial charge in [0.15, 0.2) is 5.82 Å². The van der Waals surface area contributed by atoms with Crippen LogP contribution in [0.25, 0.3) is 10.9 Å². The van der Waals surface area contributed by atoms with Crippen molar-refractivity contribution in [3.8, 4) is 0 Å². The van der Waals surface area contributed by atoms with Crippen molar-refractivity contribution in [3.63, 3.8) is 0 Å². The molecule has 0 aliphatic heterocycles. The first kappa shape index (κ1) is 17.7. The molecule has 1 amide bonds. The minimum Gasteiger partial charge on any atom is -0.368 e. The molecule has 0 atom stereocenters. The van der Waals surface area contributed by atoms with Crippen molar-refractivity contribution < 1.29 is 4.79 Å². The molecule has 2 heterocycles. The third-order valence-electron chi connectivity index (χ3n) is 4.51. The van der Waals surface area contributed by atoms with E-state index in [1.807, 2.05) is 54.7 Å². The van der Waals surface area contributed by atoms with E-state index in [2.05, 4.69) is 37.9 Å². The van der Waals surface area contributed by atoms with Gasteiger partial charge in [-0.3, -0.25) is 4.79 Å². The number of carbonyl (C=O) groups is 1. The first-order valence-electron chi connectivity index (χ1n) is 9.24. The van der Waals surface area contributed by atoms with E-state index in [0.717, 1.165) is 24.0 Å². The molecule has 3 N–H and O–H groups in total. The number of H-pyrrole nitrogens is 1. The molecule has 0 saturated heterocycles. The number of benzene rings is 2. The maximum Gasteiger partial charge on any atom is 0.229 e. The van der Waals surface area contributed by atoms with Crippen LogP contribution in [0.15, 0.2) is 72.9 Å². The van der Waals surface area contributed by atoms with E-state index in [9.17, 15) is 4.79 Å². The molecular weight excluding hydrogens is 350 g/mol. The number of hydrogen-bond acceptors (Lipinski definition) is 4. The van der Waals surface area contributed by atoms with Gasteiger partial charge in [0.05, 0.1) is 6.42 Å². The molecule has 2 aromatic heterocycles. The van der Waals surface area contributed by atoms with Crippen LogP contribution in [-0.2, 0) is 17.6 Å². The van der Waals surface area contributed by atoms with Crippen LogP contribution in [0.3, 0.4) is 0 Å². The van der Waals surface area contributed by atoms with Crippen LogP contribution < -0.4 is 10.6 Å². The highest BCUT2D eigenvalue weighted by atomic mass is 16.1. The lowest BCUT2D eigenvalue weighted by Crippen LogP contribution is -2.16. The number of amides is 1. The standard InChI is InChI=1S/C22H21N5O/c28-22(14-16-6-2-1-3-7-16)25-21-11-10-20(26-27-21)23-13-12-17-15-24-19-9-5-4-8-18(17)19/h1-11,15,24H,12-14H2,(H,23,26)(H,25,27,28). The van der Waals surface area contributed by atoms with Gasteiger partial charge in [0.25, 0.3) is 0 Å². The third-order valence-corrected chi connectivity index (χ3v) is 4.51. The van der Waals surface area contributed by atoms with Crippen molar-refractivity contribution in [2.75, 3.05) is 17.2 Å². The van der Waals surface area contributed by atoms with Crippen LogP contribution in [0.1, 0.15) is 11.1 Å². The lowest BCUT2D eigenvalue weighted by atomic mass is 10.1. The largest absolute Gasteiger partial charge is 0.368 e. The molecule has 4 aromatic rings. The van der Waals surface area contributed by atoms with Gasteiger partial charge in [-0.1, -0.05) is 48.5 Å². The maximum atomic E-state index is 12.1. The smallest absolute Gasteiger partial charge is 0.229 e. The molecule has 6 nitrogen and oxygen atoms in total. The Morgan fingerprint density at radius 2 is 1.64 bits per heavy atom. The molecule has 2 aromatic carbocycles. The van der Waals surface area contributed by atoms with Gasteiger partial charge in [-0.05, 0) is 35.7 Å². The van der Waals surface area contributed by atoms with Crippen LogP contribution in [0.2, 0.25) is 0 Å². The van der Waals surface area contributed by atoms with E-state index in [1.165, 1.54) is 10.9 Å². The van der Waals surface area contributed by atoms with E-state index in [-0.39, 0.29) is 5.91 Å². The second kappa shape index (κ2) is 8.35. The summed E-state index contributed by atoms with van der Waals surface area (Å²) >= 11 is 0. The normalized spacial score (nSPS) is 10.7. The van der Waals surface area contributed by atoms with Gasteiger partial charge < -0.3 is 15.6 Å². The van der Waals surface area contributed by atoms with Crippen molar-refractivity contribution in [2.45, 2.75) is 12.8 Å². The molecule has 0 bridgehead atoms. The summed E-state index contributed by atoms with van der Waals surface area (Å²) < 4.78 is 0. The summed E-state index contributed by atoms with van der Waals surface area (Å²) in [6.45, 7) is 0.746. The van der Waals surface area contributed by atoms with Crippen molar-refractivity contribution in [1.29, 1.82) is 0 Å². The summed E-state index contributed by atoms with van der Waals surface area (Å²) in [5.74, 6) is 1.02. The predicted octanol–water partition coefficient (Wildman–Crippen LogP) is 3.79. The lowest BCUT2D eigenvalue weighted by molar-refractivity contribution is -0.115. The van der Waals surface area contributed by atoms with Crippen LogP contribution in [0.4, 0.5) is 11.6 Å². The topological polar surface area (TPSA) is 82.7 Å². The quantitative estimate of drug-likeness (QED) is 0.461. The number of fused-ring (bicyclic) bond motifs is 1. The summed E-state index contributed by atoms with van der Waals surface area (Å²) in [5, 5.41) is 15.5. The van der Waals surface area contributed by atoms with Crippen molar-refractivity contribution in [3.05, 3.63) is 84.1 Å². The average Bonchev–Trinajstić information content (AvgIpc) is 3.13. The second-order valence-corrected chi connectivity index (χ2v) is 6.55. The SMILES string of the molecule is O=C(Cc1ccccc1)Nc1ccc(NCCc2c[nH]c3ccccc23)nn1. The van der Waals surface area contributed by atoms with Crippen molar-refractivity contribution in [2.24, 2.45) is 0 Å². The summed E-state index contributed by atoms with van der Waals surface area (Å²) in [7, 11) is 0. The minimum atomic E-state index is -0.111. The fourth-order valence-electron chi connectivity index (χ4n) is 3.13. The molecule has 0 saturated carbocycles. The van der Waals surface area contributed by atoms with Crippen LogP contribution in [-0.4, -0.2) is 27.6 Å². The first-order chi connectivity index (χ1) is 13.8. The Hall–Kier alpha value is -3.67. The Morgan fingerprint density at radius 3 is 2.46 bits per heavy atom. The van der Waals surface area contributed by atoms with Gasteiger partial charge in [0.1, 0.15) is 5.82 Å². The molecular formula is C22H21N5O. The molecule has 28 heavy (non-hydrogen) atoms. The Bertz CT molecular complexity index is 1060. The van der Waals surface area contributed by atoms with E-state index in [4.69, 9.17) is 0 Å². The van der Waals surface area contributed by atoms with E-state index < -0.39 is 0 Å². The van der Waals surface area contributed by atoms with E-state index in [0.29, 0.717) is 18.1 Å². The van der Waals surface area contributed by atoms with E-state index >= 15 is 0 Å². The van der Waals surface area contributed by atoms with Gasteiger partial charge in [-0.2, -0.15) is 0 Å². The number of para-hydroxylation sites is 1. The molecule has 0 aliphatic rings. The predicted molar refractivity (Wildman–Crippen MR) is 111 cm³/mol. The van der Waals surface area contributed by atoms with Crippen molar-refractivity contribution in [1.82, 2.24) is 15.2 Å². The zero-order chi connectivity index (χ0) is 19.2. The molecule has 140 valence electrons. The zero-order valence-corrected chi connectivity index (χ0v) is 15.4. The Labute approximate surface area is 163 Å². The fraction of sp³-hybridized carbons (Fsp3) is 0.136. The number of anilines is 2. The molecule has 0 spiro atoms. The molecule has 0 fully saturated rings. The van der Waals surface area contributed by atoms with Crippen LogP contribution in [0.5, 0.6) is 0 Å². The highest BCUT2D eigenvalue weighted by Gasteiger charge is 2.06. The minimum absolute atomic E-state index is 0.111. The molecule has 0 unspecified atom stereocenters. The summed E-state index contributed by atoms with van der Waals surface area (Å²) in [5.41, 5.74) is 3.37. The summed E-state index contributed by atoms with van der Waals surface area (Å²) in [6, 6.07) is 21.4. The summed E-state index contributed by atoms with van der Waals surface area (Å²) in [4.78, 5) is 15.4. The number of hydrogen-bond donors (Lipinski definition) is 3. The highest BCUT2D eigenvalue weighted by molar-refractivity contribution is 5.91. The number of nitrogens with zero attached hydrogens (tertiary/aromatic N) is 2. The van der Waals surface area contributed by atoms with Gasteiger partial charge in [-0.15, -0.1) is 10.2 Å². The van der Waals surface area contributed by atoms with Gasteiger partial charge in [-0.25, -0.2) is 0 Å². The molecule has 0 aliphatic carbocycles. The number of nitrogens with one attached hydrogen (secondary N) is 3. The van der Waals surface area contributed by atoms with Gasteiger partial charge in [0.2, 0.25) is 5.91 Å². The third kappa shape index (κ3) is 4.35. The summed E-state index contributed by atoms with van der Waals surface area (Å²) in [6.07, 6.45) is 3.23. The highest BCUT2D eigenvalue weighted by Crippen LogP contribution is 2.18. The van der Waals surface area contributed by atoms with Crippen LogP contribution >= 0.6 is 0 Å². The van der Waals surface area contributed by atoms with Crippen molar-refractivity contribution >= 4 is 28.4 Å². The fourth-order valence-corrected chi connectivity index (χ4v) is 3.13.